The summed E-state index contributed by atoms with van der Waals surface area (Å²) in [6, 6.07) is 8.58. The van der Waals surface area contributed by atoms with E-state index in [0.29, 0.717) is 13.1 Å². The molecule has 3 nitrogen and oxygen atoms in total. The number of hydrogen-bond donors (Lipinski definition) is 2. The SMILES string of the molecule is CCSc1ccc(CN(C)CC(O)CN)cc1. The zero-order valence-electron chi connectivity index (χ0n) is 10.6. The van der Waals surface area contributed by atoms with E-state index in [1.807, 2.05) is 18.8 Å². The number of benzene rings is 1. The van der Waals surface area contributed by atoms with Gasteiger partial charge in [0.25, 0.3) is 0 Å². The first-order valence-electron chi connectivity index (χ1n) is 5.94. The Morgan fingerprint density at radius 3 is 2.53 bits per heavy atom. The summed E-state index contributed by atoms with van der Waals surface area (Å²) in [6.45, 7) is 3.92. The summed E-state index contributed by atoms with van der Waals surface area (Å²) in [6.07, 6.45) is -0.435. The summed E-state index contributed by atoms with van der Waals surface area (Å²) in [5, 5.41) is 9.45. The largest absolute Gasteiger partial charge is 0.390 e. The molecule has 1 atom stereocenters. The molecule has 0 spiro atoms. The van der Waals surface area contributed by atoms with Gasteiger partial charge in [0.15, 0.2) is 0 Å². The summed E-state index contributed by atoms with van der Waals surface area (Å²) in [5.74, 6) is 1.10. The van der Waals surface area contributed by atoms with Gasteiger partial charge < -0.3 is 10.8 Å². The zero-order chi connectivity index (χ0) is 12.7. The van der Waals surface area contributed by atoms with Crippen LogP contribution in [0.15, 0.2) is 29.2 Å². The van der Waals surface area contributed by atoms with Gasteiger partial charge in [-0.3, -0.25) is 4.90 Å². The van der Waals surface area contributed by atoms with Crippen LogP contribution in [0.5, 0.6) is 0 Å². The molecule has 0 heterocycles. The Balaban J connectivity index is 2.45. The molecule has 0 aromatic heterocycles. The minimum Gasteiger partial charge on any atom is -0.390 e. The highest BCUT2D eigenvalue weighted by atomic mass is 32.2. The van der Waals surface area contributed by atoms with Crippen LogP contribution in [0.4, 0.5) is 0 Å². The average Bonchev–Trinajstić information content (AvgIpc) is 2.31. The quantitative estimate of drug-likeness (QED) is 0.725. The molecule has 0 bridgehead atoms. The number of aliphatic hydroxyl groups excluding tert-OH is 1. The number of hydrogen-bond acceptors (Lipinski definition) is 4. The second-order valence-corrected chi connectivity index (χ2v) is 5.50. The molecule has 0 amide bonds. The van der Waals surface area contributed by atoms with Crippen LogP contribution in [-0.4, -0.2) is 42.0 Å². The average molecular weight is 254 g/mol. The number of aliphatic hydroxyl groups is 1. The summed E-state index contributed by atoms with van der Waals surface area (Å²) in [4.78, 5) is 3.39. The van der Waals surface area contributed by atoms with Crippen LogP contribution in [-0.2, 0) is 6.54 Å². The van der Waals surface area contributed by atoms with Crippen LogP contribution in [0.3, 0.4) is 0 Å². The second-order valence-electron chi connectivity index (χ2n) is 4.16. The highest BCUT2D eigenvalue weighted by Gasteiger charge is 2.06. The van der Waals surface area contributed by atoms with Gasteiger partial charge in [0.2, 0.25) is 0 Å². The van der Waals surface area contributed by atoms with Gasteiger partial charge in [-0.1, -0.05) is 19.1 Å². The molecule has 1 unspecified atom stereocenters. The molecule has 0 saturated heterocycles. The predicted octanol–water partition coefficient (Wildman–Crippen LogP) is 1.55. The molecule has 3 N–H and O–H groups in total. The Labute approximate surface area is 108 Å². The molecule has 17 heavy (non-hydrogen) atoms. The summed E-state index contributed by atoms with van der Waals surface area (Å²) >= 11 is 1.85. The Morgan fingerprint density at radius 1 is 1.35 bits per heavy atom. The van der Waals surface area contributed by atoms with Crippen LogP contribution in [0.1, 0.15) is 12.5 Å². The van der Waals surface area contributed by atoms with Gasteiger partial charge in [-0.05, 0) is 30.5 Å². The van der Waals surface area contributed by atoms with Gasteiger partial charge in [-0.2, -0.15) is 0 Å². The van der Waals surface area contributed by atoms with E-state index in [4.69, 9.17) is 5.73 Å². The lowest BCUT2D eigenvalue weighted by molar-refractivity contribution is 0.129. The van der Waals surface area contributed by atoms with Crippen LogP contribution >= 0.6 is 11.8 Å². The number of rotatable bonds is 7. The Hall–Kier alpha value is -0.550. The first-order chi connectivity index (χ1) is 8.15. The van der Waals surface area contributed by atoms with Gasteiger partial charge in [0, 0.05) is 24.5 Å². The molecule has 0 aliphatic heterocycles. The minimum absolute atomic E-state index is 0.316. The fraction of sp³-hybridized carbons (Fsp3) is 0.538. The van der Waals surface area contributed by atoms with Crippen molar-refractivity contribution in [1.82, 2.24) is 4.90 Å². The highest BCUT2D eigenvalue weighted by Crippen LogP contribution is 2.18. The summed E-state index contributed by atoms with van der Waals surface area (Å²) in [7, 11) is 1.99. The van der Waals surface area contributed by atoms with E-state index < -0.39 is 6.10 Å². The fourth-order valence-electron chi connectivity index (χ4n) is 1.67. The lowest BCUT2D eigenvalue weighted by atomic mass is 10.2. The normalized spacial score (nSPS) is 13.0. The van der Waals surface area contributed by atoms with Gasteiger partial charge in [0.1, 0.15) is 0 Å². The van der Waals surface area contributed by atoms with E-state index in [1.54, 1.807) is 0 Å². The van der Waals surface area contributed by atoms with E-state index in [0.717, 1.165) is 12.3 Å². The van der Waals surface area contributed by atoms with Gasteiger partial charge >= 0.3 is 0 Å². The van der Waals surface area contributed by atoms with Crippen molar-refractivity contribution in [3.8, 4) is 0 Å². The van der Waals surface area contributed by atoms with Crippen molar-refractivity contribution in [2.45, 2.75) is 24.5 Å². The van der Waals surface area contributed by atoms with Crippen molar-refractivity contribution in [1.29, 1.82) is 0 Å². The molecule has 0 aliphatic carbocycles. The van der Waals surface area contributed by atoms with Crippen molar-refractivity contribution in [3.63, 3.8) is 0 Å². The molecule has 0 radical (unpaired) electrons. The standard InChI is InChI=1S/C13H22N2OS/c1-3-17-13-6-4-11(5-7-13)9-15(2)10-12(16)8-14/h4-7,12,16H,3,8-10,14H2,1-2H3. The Morgan fingerprint density at radius 2 is 2.00 bits per heavy atom. The van der Waals surface area contributed by atoms with E-state index in [1.165, 1.54) is 10.5 Å². The lowest BCUT2D eigenvalue weighted by Gasteiger charge is -2.19. The zero-order valence-corrected chi connectivity index (χ0v) is 11.4. The van der Waals surface area contributed by atoms with E-state index >= 15 is 0 Å². The van der Waals surface area contributed by atoms with Crippen molar-refractivity contribution in [2.24, 2.45) is 5.73 Å². The highest BCUT2D eigenvalue weighted by molar-refractivity contribution is 7.99. The molecular formula is C13H22N2OS. The van der Waals surface area contributed by atoms with Crippen LogP contribution < -0.4 is 5.73 Å². The minimum atomic E-state index is -0.435. The molecule has 1 aromatic rings. The predicted molar refractivity (Wildman–Crippen MR) is 74.2 cm³/mol. The lowest BCUT2D eigenvalue weighted by Crippen LogP contribution is -2.33. The first kappa shape index (κ1) is 14.5. The van der Waals surface area contributed by atoms with Gasteiger partial charge in [-0.25, -0.2) is 0 Å². The van der Waals surface area contributed by atoms with Gasteiger partial charge in [-0.15, -0.1) is 11.8 Å². The second kappa shape index (κ2) is 7.71. The third-order valence-electron chi connectivity index (χ3n) is 2.48. The molecular weight excluding hydrogens is 232 g/mol. The van der Waals surface area contributed by atoms with E-state index in [9.17, 15) is 5.11 Å². The molecule has 1 rings (SSSR count). The number of thioether (sulfide) groups is 1. The Kier molecular flexibility index (Phi) is 6.58. The molecule has 96 valence electrons. The molecule has 4 heteroatoms. The molecule has 1 aromatic carbocycles. The van der Waals surface area contributed by atoms with Crippen molar-refractivity contribution in [2.75, 3.05) is 25.9 Å². The van der Waals surface area contributed by atoms with Crippen molar-refractivity contribution in [3.05, 3.63) is 29.8 Å². The molecule has 0 fully saturated rings. The van der Waals surface area contributed by atoms with Crippen LogP contribution in [0.2, 0.25) is 0 Å². The molecule has 0 aliphatic rings. The summed E-state index contributed by atoms with van der Waals surface area (Å²) in [5.41, 5.74) is 6.65. The van der Waals surface area contributed by atoms with E-state index in [-0.39, 0.29) is 0 Å². The fourth-order valence-corrected chi connectivity index (χ4v) is 2.33. The molecule has 0 saturated carbocycles. The monoisotopic (exact) mass is 254 g/mol. The maximum atomic E-state index is 9.45. The van der Waals surface area contributed by atoms with Crippen molar-refractivity contribution < 1.29 is 5.11 Å². The van der Waals surface area contributed by atoms with Crippen molar-refractivity contribution >= 4 is 11.8 Å². The summed E-state index contributed by atoms with van der Waals surface area (Å²) < 4.78 is 0. The van der Waals surface area contributed by atoms with Crippen LogP contribution in [0.25, 0.3) is 0 Å². The maximum Gasteiger partial charge on any atom is 0.0789 e. The number of nitrogens with two attached hydrogens (primary N) is 1. The van der Waals surface area contributed by atoms with E-state index in [2.05, 4.69) is 36.1 Å². The third kappa shape index (κ3) is 5.55. The van der Waals surface area contributed by atoms with Crippen LogP contribution in [0, 0.1) is 0 Å². The smallest absolute Gasteiger partial charge is 0.0789 e. The third-order valence-corrected chi connectivity index (χ3v) is 3.38. The maximum absolute atomic E-state index is 9.45. The number of nitrogens with zero attached hydrogens (tertiary/aromatic N) is 1. The topological polar surface area (TPSA) is 49.5 Å². The van der Waals surface area contributed by atoms with Gasteiger partial charge in [0.05, 0.1) is 6.10 Å². The Bertz CT molecular complexity index is 316. The first-order valence-corrected chi connectivity index (χ1v) is 6.92. The number of likely N-dealkylation sites (N-methyl/N-ethyl adjacent to an activating group) is 1.